The SMILES string of the molecule is Nc1cc(C(=O)O)ccc1N1CCCN(CCO)CC1. The molecule has 0 saturated carbocycles. The second kappa shape index (κ2) is 6.58. The predicted octanol–water partition coefficient (Wildman–Crippen LogP) is 0.471. The largest absolute Gasteiger partial charge is 0.478 e. The first kappa shape index (κ1) is 14.6. The zero-order chi connectivity index (χ0) is 14.5. The lowest BCUT2D eigenvalue weighted by molar-refractivity contribution is 0.0697. The summed E-state index contributed by atoms with van der Waals surface area (Å²) >= 11 is 0. The van der Waals surface area contributed by atoms with Crippen molar-refractivity contribution in [1.82, 2.24) is 4.90 Å². The normalized spacial score (nSPS) is 16.9. The third kappa shape index (κ3) is 3.40. The molecular weight excluding hydrogens is 258 g/mol. The number of aromatic carboxylic acids is 1. The average Bonchev–Trinajstić information content (AvgIpc) is 2.65. The molecule has 0 unspecified atom stereocenters. The highest BCUT2D eigenvalue weighted by Crippen LogP contribution is 2.25. The summed E-state index contributed by atoms with van der Waals surface area (Å²) in [7, 11) is 0. The molecule has 0 bridgehead atoms. The topological polar surface area (TPSA) is 90.0 Å². The summed E-state index contributed by atoms with van der Waals surface area (Å²) in [6, 6.07) is 4.87. The van der Waals surface area contributed by atoms with Gasteiger partial charge in [-0.25, -0.2) is 4.79 Å². The van der Waals surface area contributed by atoms with Gasteiger partial charge in [-0.15, -0.1) is 0 Å². The molecule has 110 valence electrons. The molecule has 1 aliphatic rings. The van der Waals surface area contributed by atoms with Gasteiger partial charge in [0.15, 0.2) is 0 Å². The van der Waals surface area contributed by atoms with Crippen molar-refractivity contribution >= 4 is 17.3 Å². The lowest BCUT2D eigenvalue weighted by Crippen LogP contribution is -2.32. The number of carboxylic acid groups (broad SMARTS) is 1. The summed E-state index contributed by atoms with van der Waals surface area (Å²) < 4.78 is 0. The molecule has 4 N–H and O–H groups in total. The molecule has 6 heteroatoms. The molecule has 1 aromatic rings. The molecular formula is C14H21N3O3. The summed E-state index contributed by atoms with van der Waals surface area (Å²) in [6.45, 7) is 4.43. The smallest absolute Gasteiger partial charge is 0.335 e. The molecule has 0 atom stereocenters. The van der Waals surface area contributed by atoms with Crippen LogP contribution in [0.15, 0.2) is 18.2 Å². The first-order valence-electron chi connectivity index (χ1n) is 6.83. The zero-order valence-corrected chi connectivity index (χ0v) is 11.5. The number of hydrogen-bond acceptors (Lipinski definition) is 5. The van der Waals surface area contributed by atoms with E-state index in [0.717, 1.165) is 38.3 Å². The van der Waals surface area contributed by atoms with Crippen molar-refractivity contribution in [2.75, 3.05) is 50.0 Å². The van der Waals surface area contributed by atoms with E-state index in [1.54, 1.807) is 12.1 Å². The van der Waals surface area contributed by atoms with Crippen molar-refractivity contribution in [3.63, 3.8) is 0 Å². The number of carboxylic acids is 1. The van der Waals surface area contributed by atoms with E-state index >= 15 is 0 Å². The zero-order valence-electron chi connectivity index (χ0n) is 11.5. The molecule has 0 aromatic heterocycles. The van der Waals surface area contributed by atoms with E-state index in [2.05, 4.69) is 9.80 Å². The Hall–Kier alpha value is -1.79. The number of nitrogens with two attached hydrogens (primary N) is 1. The van der Waals surface area contributed by atoms with E-state index in [9.17, 15) is 4.79 Å². The van der Waals surface area contributed by atoms with E-state index in [0.29, 0.717) is 12.2 Å². The average molecular weight is 279 g/mol. The molecule has 0 aliphatic carbocycles. The van der Waals surface area contributed by atoms with E-state index in [1.807, 2.05) is 0 Å². The number of benzene rings is 1. The van der Waals surface area contributed by atoms with Gasteiger partial charge in [0.2, 0.25) is 0 Å². The number of nitrogen functional groups attached to an aromatic ring is 1. The van der Waals surface area contributed by atoms with E-state index in [-0.39, 0.29) is 12.2 Å². The lowest BCUT2D eigenvalue weighted by Gasteiger charge is -2.25. The molecule has 20 heavy (non-hydrogen) atoms. The Labute approximate surface area is 118 Å². The third-order valence-electron chi connectivity index (χ3n) is 3.62. The van der Waals surface area contributed by atoms with Crippen molar-refractivity contribution in [3.05, 3.63) is 23.8 Å². The Morgan fingerprint density at radius 2 is 2.05 bits per heavy atom. The monoisotopic (exact) mass is 279 g/mol. The third-order valence-corrected chi connectivity index (χ3v) is 3.62. The lowest BCUT2D eigenvalue weighted by atomic mass is 10.1. The maximum absolute atomic E-state index is 10.9. The Bertz CT molecular complexity index is 479. The Morgan fingerprint density at radius 1 is 1.25 bits per heavy atom. The van der Waals surface area contributed by atoms with Crippen LogP contribution < -0.4 is 10.6 Å². The van der Waals surface area contributed by atoms with E-state index in [1.165, 1.54) is 6.07 Å². The van der Waals surface area contributed by atoms with Crippen LogP contribution in [0.2, 0.25) is 0 Å². The van der Waals surface area contributed by atoms with Crippen LogP contribution in [0.3, 0.4) is 0 Å². The number of aliphatic hydroxyl groups is 1. The molecule has 1 aliphatic heterocycles. The fourth-order valence-electron chi connectivity index (χ4n) is 2.55. The number of aliphatic hydroxyl groups excluding tert-OH is 1. The summed E-state index contributed by atoms with van der Waals surface area (Å²) in [5, 5.41) is 17.9. The first-order chi connectivity index (χ1) is 9.61. The predicted molar refractivity (Wildman–Crippen MR) is 78.2 cm³/mol. The van der Waals surface area contributed by atoms with Crippen LogP contribution in [-0.4, -0.2) is 60.4 Å². The standard InChI is InChI=1S/C14H21N3O3/c15-12-10-11(14(19)20)2-3-13(12)17-5-1-4-16(6-7-17)8-9-18/h2-3,10,18H,1,4-9,15H2,(H,19,20). The van der Waals surface area contributed by atoms with Crippen LogP contribution in [-0.2, 0) is 0 Å². The van der Waals surface area contributed by atoms with Crippen molar-refractivity contribution in [1.29, 1.82) is 0 Å². The van der Waals surface area contributed by atoms with Crippen LogP contribution in [0.25, 0.3) is 0 Å². The Morgan fingerprint density at radius 3 is 2.70 bits per heavy atom. The second-order valence-corrected chi connectivity index (χ2v) is 4.98. The molecule has 0 radical (unpaired) electrons. The van der Waals surface area contributed by atoms with Crippen molar-refractivity contribution < 1.29 is 15.0 Å². The van der Waals surface area contributed by atoms with Gasteiger partial charge < -0.3 is 20.8 Å². The van der Waals surface area contributed by atoms with Crippen LogP contribution in [0, 0.1) is 0 Å². The molecule has 6 nitrogen and oxygen atoms in total. The highest BCUT2D eigenvalue weighted by atomic mass is 16.4. The van der Waals surface area contributed by atoms with Gasteiger partial charge in [0.1, 0.15) is 0 Å². The van der Waals surface area contributed by atoms with Crippen molar-refractivity contribution in [3.8, 4) is 0 Å². The Balaban J connectivity index is 2.09. The minimum Gasteiger partial charge on any atom is -0.478 e. The van der Waals surface area contributed by atoms with Gasteiger partial charge >= 0.3 is 5.97 Å². The number of carbonyl (C=O) groups is 1. The minimum absolute atomic E-state index is 0.176. The molecule has 0 amide bonds. The fourth-order valence-corrected chi connectivity index (χ4v) is 2.55. The van der Waals surface area contributed by atoms with Gasteiger partial charge in [-0.1, -0.05) is 0 Å². The molecule has 0 spiro atoms. The molecule has 2 rings (SSSR count). The number of rotatable bonds is 4. The highest BCUT2D eigenvalue weighted by molar-refractivity contribution is 5.90. The first-order valence-corrected chi connectivity index (χ1v) is 6.83. The van der Waals surface area contributed by atoms with Crippen LogP contribution in [0.5, 0.6) is 0 Å². The molecule has 1 saturated heterocycles. The second-order valence-electron chi connectivity index (χ2n) is 4.98. The highest BCUT2D eigenvalue weighted by Gasteiger charge is 2.17. The van der Waals surface area contributed by atoms with Crippen molar-refractivity contribution in [2.24, 2.45) is 0 Å². The number of hydrogen-bond donors (Lipinski definition) is 3. The maximum Gasteiger partial charge on any atom is 0.335 e. The van der Waals surface area contributed by atoms with Gasteiger partial charge in [0, 0.05) is 26.2 Å². The van der Waals surface area contributed by atoms with Crippen LogP contribution >= 0.6 is 0 Å². The van der Waals surface area contributed by atoms with Gasteiger partial charge in [-0.3, -0.25) is 4.90 Å². The van der Waals surface area contributed by atoms with Gasteiger partial charge in [-0.05, 0) is 31.2 Å². The quantitative estimate of drug-likeness (QED) is 0.694. The van der Waals surface area contributed by atoms with Crippen molar-refractivity contribution in [2.45, 2.75) is 6.42 Å². The van der Waals surface area contributed by atoms with Crippen LogP contribution in [0.1, 0.15) is 16.8 Å². The molecule has 1 aromatic carbocycles. The number of nitrogens with zero attached hydrogens (tertiary/aromatic N) is 2. The summed E-state index contributed by atoms with van der Waals surface area (Å²) in [5.74, 6) is -0.965. The minimum atomic E-state index is -0.965. The van der Waals surface area contributed by atoms with Gasteiger partial charge in [0.25, 0.3) is 0 Å². The summed E-state index contributed by atoms with van der Waals surface area (Å²) in [6.07, 6.45) is 1.00. The van der Waals surface area contributed by atoms with Gasteiger partial charge in [-0.2, -0.15) is 0 Å². The summed E-state index contributed by atoms with van der Waals surface area (Å²) in [5.41, 5.74) is 7.58. The Kier molecular flexibility index (Phi) is 4.81. The molecule has 1 heterocycles. The van der Waals surface area contributed by atoms with E-state index < -0.39 is 5.97 Å². The molecule has 1 fully saturated rings. The number of β-amino-alcohol motifs (C(OH)–C–C–N with tert-alkyl or cyclic N) is 1. The fraction of sp³-hybridized carbons (Fsp3) is 0.500. The van der Waals surface area contributed by atoms with Crippen LogP contribution in [0.4, 0.5) is 11.4 Å². The van der Waals surface area contributed by atoms with Gasteiger partial charge in [0.05, 0.1) is 23.5 Å². The summed E-state index contributed by atoms with van der Waals surface area (Å²) in [4.78, 5) is 15.3. The van der Waals surface area contributed by atoms with E-state index in [4.69, 9.17) is 15.9 Å². The maximum atomic E-state index is 10.9. The number of anilines is 2.